The molecule has 0 saturated carbocycles. The van der Waals surface area contributed by atoms with Gasteiger partial charge in [0.1, 0.15) is 17.6 Å². The number of carbonyl (C=O) groups is 2. The van der Waals surface area contributed by atoms with Crippen LogP contribution in [0.25, 0.3) is 11.0 Å². The molecule has 0 saturated heterocycles. The van der Waals surface area contributed by atoms with Gasteiger partial charge in [-0.3, -0.25) is 0 Å². The predicted octanol–water partition coefficient (Wildman–Crippen LogP) is 2.58. The van der Waals surface area contributed by atoms with Gasteiger partial charge in [0.15, 0.2) is 0 Å². The Morgan fingerprint density at radius 3 is 2.79 bits per heavy atom. The van der Waals surface area contributed by atoms with Crippen LogP contribution in [0.2, 0.25) is 0 Å². The summed E-state index contributed by atoms with van der Waals surface area (Å²) in [7, 11) is 1.26. The number of dihydropyridines is 1. The van der Waals surface area contributed by atoms with Gasteiger partial charge < -0.3 is 14.8 Å². The molecular weight excluding hydrogens is 386 g/mol. The molecule has 1 aromatic carbocycles. The molecule has 0 amide bonds. The number of allylic oxidation sites excluding steroid dienone is 2. The molecule has 28 heavy (non-hydrogen) atoms. The SMILES string of the molecule is C=CCOC(=O)C1=C(C)NC(CCl)=C(C(=O)OC)C1c1cccc2nonc12. The van der Waals surface area contributed by atoms with Crippen LogP contribution in [-0.4, -0.2) is 41.8 Å². The molecule has 0 spiro atoms. The van der Waals surface area contributed by atoms with Crippen molar-refractivity contribution in [2.75, 3.05) is 19.6 Å². The van der Waals surface area contributed by atoms with Gasteiger partial charge in [-0.25, -0.2) is 14.2 Å². The molecule has 8 nitrogen and oxygen atoms in total. The van der Waals surface area contributed by atoms with E-state index >= 15 is 0 Å². The summed E-state index contributed by atoms with van der Waals surface area (Å²) in [5.41, 5.74) is 2.85. The Hall–Kier alpha value is -3.13. The zero-order valence-electron chi connectivity index (χ0n) is 15.3. The molecule has 1 unspecified atom stereocenters. The van der Waals surface area contributed by atoms with Gasteiger partial charge in [0.2, 0.25) is 0 Å². The van der Waals surface area contributed by atoms with Crippen LogP contribution in [0.3, 0.4) is 0 Å². The van der Waals surface area contributed by atoms with Crippen LogP contribution in [-0.2, 0) is 19.1 Å². The van der Waals surface area contributed by atoms with E-state index in [1.54, 1.807) is 25.1 Å². The molecule has 0 bridgehead atoms. The normalized spacial score (nSPS) is 16.8. The highest BCUT2D eigenvalue weighted by Crippen LogP contribution is 2.41. The smallest absolute Gasteiger partial charge is 0.337 e. The fraction of sp³-hybridized carbons (Fsp3) is 0.263. The molecule has 1 aromatic heterocycles. The highest BCUT2D eigenvalue weighted by molar-refractivity contribution is 6.20. The molecule has 146 valence electrons. The maximum Gasteiger partial charge on any atom is 0.337 e. The third-order valence-electron chi connectivity index (χ3n) is 4.36. The summed E-state index contributed by atoms with van der Waals surface area (Å²) < 4.78 is 15.1. The van der Waals surface area contributed by atoms with Crippen molar-refractivity contribution in [1.82, 2.24) is 15.6 Å². The summed E-state index contributed by atoms with van der Waals surface area (Å²) in [6.07, 6.45) is 1.46. The number of fused-ring (bicyclic) bond motifs is 1. The van der Waals surface area contributed by atoms with Gasteiger partial charge in [-0.2, -0.15) is 0 Å². The summed E-state index contributed by atoms with van der Waals surface area (Å²) >= 11 is 6.08. The van der Waals surface area contributed by atoms with E-state index in [2.05, 4.69) is 22.2 Å². The van der Waals surface area contributed by atoms with Crippen LogP contribution < -0.4 is 5.32 Å². The number of rotatable bonds is 6. The summed E-state index contributed by atoms with van der Waals surface area (Å²) in [5, 5.41) is 10.8. The number of hydrogen-bond acceptors (Lipinski definition) is 8. The van der Waals surface area contributed by atoms with E-state index in [1.807, 2.05) is 0 Å². The topological polar surface area (TPSA) is 104 Å². The number of benzene rings is 1. The summed E-state index contributed by atoms with van der Waals surface area (Å²) in [4.78, 5) is 25.5. The number of carbonyl (C=O) groups excluding carboxylic acids is 2. The Morgan fingerprint density at radius 2 is 2.11 bits per heavy atom. The summed E-state index contributed by atoms with van der Waals surface area (Å²) in [5.74, 6) is -2.03. The Morgan fingerprint density at radius 1 is 1.32 bits per heavy atom. The minimum Gasteiger partial charge on any atom is -0.466 e. The molecule has 1 N–H and O–H groups in total. The van der Waals surface area contributed by atoms with Crippen LogP contribution in [0.15, 0.2) is 58.0 Å². The van der Waals surface area contributed by atoms with Gasteiger partial charge in [0.05, 0.1) is 30.1 Å². The Kier molecular flexibility index (Phi) is 5.79. The first kappa shape index (κ1) is 19.6. The van der Waals surface area contributed by atoms with Crippen molar-refractivity contribution in [3.8, 4) is 0 Å². The largest absolute Gasteiger partial charge is 0.466 e. The van der Waals surface area contributed by atoms with Gasteiger partial charge in [0, 0.05) is 11.4 Å². The molecule has 0 radical (unpaired) electrons. The average molecular weight is 404 g/mol. The van der Waals surface area contributed by atoms with Crippen LogP contribution in [0.5, 0.6) is 0 Å². The monoisotopic (exact) mass is 403 g/mol. The maximum absolute atomic E-state index is 12.8. The number of esters is 2. The van der Waals surface area contributed by atoms with Crippen molar-refractivity contribution >= 4 is 34.6 Å². The van der Waals surface area contributed by atoms with Crippen molar-refractivity contribution in [2.45, 2.75) is 12.8 Å². The van der Waals surface area contributed by atoms with E-state index in [0.717, 1.165) is 0 Å². The predicted molar refractivity (Wildman–Crippen MR) is 101 cm³/mol. The third kappa shape index (κ3) is 3.38. The fourth-order valence-corrected chi connectivity index (χ4v) is 3.42. The van der Waals surface area contributed by atoms with E-state index in [-0.39, 0.29) is 23.6 Å². The third-order valence-corrected chi connectivity index (χ3v) is 4.63. The molecule has 0 fully saturated rings. The second kappa shape index (κ2) is 8.26. The molecule has 1 aliphatic rings. The van der Waals surface area contributed by atoms with Gasteiger partial charge in [0.25, 0.3) is 0 Å². The lowest BCUT2D eigenvalue weighted by Gasteiger charge is -2.30. The highest BCUT2D eigenvalue weighted by Gasteiger charge is 2.39. The zero-order chi connectivity index (χ0) is 20.3. The average Bonchev–Trinajstić information content (AvgIpc) is 3.19. The van der Waals surface area contributed by atoms with Gasteiger partial charge in [-0.15, -0.1) is 11.6 Å². The van der Waals surface area contributed by atoms with E-state index in [1.165, 1.54) is 13.2 Å². The lowest BCUT2D eigenvalue weighted by molar-refractivity contribution is -0.138. The lowest BCUT2D eigenvalue weighted by atomic mass is 9.80. The van der Waals surface area contributed by atoms with Crippen molar-refractivity contribution in [2.24, 2.45) is 0 Å². The van der Waals surface area contributed by atoms with E-state index < -0.39 is 17.9 Å². The number of alkyl halides is 1. The summed E-state index contributed by atoms with van der Waals surface area (Å²) in [6, 6.07) is 5.19. The van der Waals surface area contributed by atoms with Crippen LogP contribution in [0, 0.1) is 0 Å². The first-order valence-electron chi connectivity index (χ1n) is 8.37. The van der Waals surface area contributed by atoms with Crippen molar-refractivity contribution in [3.05, 3.63) is 59.0 Å². The minimum absolute atomic E-state index is 0.0142. The number of ether oxygens (including phenoxy) is 2. The quantitative estimate of drug-likeness (QED) is 0.446. The molecule has 1 aliphatic heterocycles. The van der Waals surface area contributed by atoms with Gasteiger partial charge in [-0.05, 0) is 28.9 Å². The molecule has 3 rings (SSSR count). The maximum atomic E-state index is 12.8. The molecular formula is C19H18ClN3O5. The summed E-state index contributed by atoms with van der Waals surface area (Å²) in [6.45, 7) is 5.28. The van der Waals surface area contributed by atoms with Crippen molar-refractivity contribution in [1.29, 1.82) is 0 Å². The number of hydrogen-bond donors (Lipinski definition) is 1. The standard InChI is InChI=1S/C19H18ClN3O5/c1-4-8-27-19(25)14-10(2)21-13(9-20)16(18(24)26-3)15(14)11-6-5-7-12-17(11)23-28-22-12/h4-7,15,21H,1,8-9H2,2-3H3. The van der Waals surface area contributed by atoms with Crippen molar-refractivity contribution < 1.29 is 23.7 Å². The minimum atomic E-state index is -0.824. The number of nitrogens with one attached hydrogen (secondary N) is 1. The zero-order valence-corrected chi connectivity index (χ0v) is 16.1. The molecule has 9 heteroatoms. The van der Waals surface area contributed by atoms with Crippen molar-refractivity contribution in [3.63, 3.8) is 0 Å². The second-order valence-corrected chi connectivity index (χ2v) is 6.25. The molecule has 0 aliphatic carbocycles. The first-order valence-corrected chi connectivity index (χ1v) is 8.91. The Labute approximate surface area is 165 Å². The Bertz CT molecular complexity index is 1010. The fourth-order valence-electron chi connectivity index (χ4n) is 3.21. The number of nitrogens with zero attached hydrogens (tertiary/aromatic N) is 2. The van der Waals surface area contributed by atoms with E-state index in [4.69, 9.17) is 25.7 Å². The molecule has 2 heterocycles. The lowest BCUT2D eigenvalue weighted by Crippen LogP contribution is -2.33. The van der Waals surface area contributed by atoms with Crippen LogP contribution >= 0.6 is 11.6 Å². The highest BCUT2D eigenvalue weighted by atomic mass is 35.5. The number of aromatic nitrogens is 2. The Balaban J connectivity index is 2.27. The number of methoxy groups -OCH3 is 1. The van der Waals surface area contributed by atoms with Gasteiger partial charge >= 0.3 is 11.9 Å². The second-order valence-electron chi connectivity index (χ2n) is 5.98. The molecule has 1 atom stereocenters. The first-order chi connectivity index (χ1) is 13.5. The molecule has 2 aromatic rings. The van der Waals surface area contributed by atoms with Gasteiger partial charge in [-0.1, -0.05) is 24.8 Å². The number of halogens is 1. The van der Waals surface area contributed by atoms with E-state index in [0.29, 0.717) is 28.0 Å². The van der Waals surface area contributed by atoms with Crippen LogP contribution in [0.4, 0.5) is 0 Å². The van der Waals surface area contributed by atoms with E-state index in [9.17, 15) is 9.59 Å². The van der Waals surface area contributed by atoms with Crippen LogP contribution in [0.1, 0.15) is 18.4 Å².